The zero-order chi connectivity index (χ0) is 17.2. The Morgan fingerprint density at radius 1 is 1.04 bits per heavy atom. The Balaban J connectivity index is 2.14. The number of fused-ring (bicyclic) bond motifs is 1. The van der Waals surface area contributed by atoms with Gasteiger partial charge in [0, 0.05) is 34.6 Å². The Morgan fingerprint density at radius 2 is 1.79 bits per heavy atom. The van der Waals surface area contributed by atoms with Crippen LogP contribution in [0.1, 0.15) is 44.7 Å². The third-order valence-corrected chi connectivity index (χ3v) is 4.62. The number of nitrogens with zero attached hydrogens (tertiary/aromatic N) is 1. The van der Waals surface area contributed by atoms with Crippen LogP contribution in [0.2, 0.25) is 0 Å². The second kappa shape index (κ2) is 6.78. The molecule has 3 N–H and O–H groups in total. The fourth-order valence-corrected chi connectivity index (χ4v) is 3.18. The summed E-state index contributed by atoms with van der Waals surface area (Å²) in [6.45, 7) is 7.54. The van der Waals surface area contributed by atoms with Gasteiger partial charge in [0.2, 0.25) is 0 Å². The number of aryl methyl sites for hydroxylation is 1. The van der Waals surface area contributed by atoms with E-state index in [2.05, 4.69) is 61.1 Å². The molecule has 3 rings (SSSR count). The Bertz CT molecular complexity index is 810. The summed E-state index contributed by atoms with van der Waals surface area (Å²) in [5, 5.41) is 1.34. The van der Waals surface area contributed by atoms with Crippen LogP contribution in [0.3, 0.4) is 0 Å². The number of nitrogens with one attached hydrogen (secondary N) is 1. The van der Waals surface area contributed by atoms with Gasteiger partial charge in [-0.2, -0.15) is 0 Å². The number of benzene rings is 1. The molecule has 126 valence electrons. The summed E-state index contributed by atoms with van der Waals surface area (Å²) >= 11 is 0. The van der Waals surface area contributed by atoms with Gasteiger partial charge in [0.25, 0.3) is 0 Å². The largest absolute Gasteiger partial charge is 0.354 e. The van der Waals surface area contributed by atoms with Crippen LogP contribution in [0.4, 0.5) is 0 Å². The average molecular weight is 321 g/mol. The zero-order valence-electron chi connectivity index (χ0n) is 14.9. The van der Waals surface area contributed by atoms with Crippen LogP contribution in [0.25, 0.3) is 22.2 Å². The number of pyridine rings is 1. The molecule has 0 fully saturated rings. The van der Waals surface area contributed by atoms with Gasteiger partial charge in [-0.05, 0) is 66.6 Å². The topological polar surface area (TPSA) is 54.7 Å². The average Bonchev–Trinajstić information content (AvgIpc) is 2.93. The summed E-state index contributed by atoms with van der Waals surface area (Å²) in [6, 6.07) is 10.9. The third-order valence-electron chi connectivity index (χ3n) is 4.62. The van der Waals surface area contributed by atoms with Crippen LogP contribution in [-0.2, 0) is 11.8 Å². The van der Waals surface area contributed by atoms with Crippen molar-refractivity contribution in [3.8, 4) is 11.3 Å². The van der Waals surface area contributed by atoms with E-state index < -0.39 is 0 Å². The van der Waals surface area contributed by atoms with Gasteiger partial charge in [-0.3, -0.25) is 4.98 Å². The van der Waals surface area contributed by atoms with Crippen LogP contribution in [-0.4, -0.2) is 16.5 Å². The number of nitrogens with two attached hydrogens (primary N) is 1. The molecule has 3 heteroatoms. The fraction of sp³-hybridized carbons (Fsp3) is 0.381. The summed E-state index contributed by atoms with van der Waals surface area (Å²) < 4.78 is 0. The van der Waals surface area contributed by atoms with E-state index in [0.29, 0.717) is 0 Å². The Labute approximate surface area is 144 Å². The van der Waals surface area contributed by atoms with Crippen molar-refractivity contribution in [2.75, 3.05) is 6.54 Å². The molecule has 1 aromatic carbocycles. The van der Waals surface area contributed by atoms with E-state index in [1.807, 2.05) is 12.4 Å². The normalized spacial score (nSPS) is 12.0. The van der Waals surface area contributed by atoms with Crippen molar-refractivity contribution in [3.05, 3.63) is 53.9 Å². The lowest BCUT2D eigenvalue weighted by Crippen LogP contribution is -2.10. The smallest absolute Gasteiger partial charge is 0.0498 e. The van der Waals surface area contributed by atoms with Crippen molar-refractivity contribution < 1.29 is 0 Å². The molecule has 3 aromatic rings. The van der Waals surface area contributed by atoms with Gasteiger partial charge in [0.05, 0.1) is 0 Å². The first-order valence-corrected chi connectivity index (χ1v) is 8.76. The van der Waals surface area contributed by atoms with Crippen LogP contribution >= 0.6 is 0 Å². The van der Waals surface area contributed by atoms with Crippen LogP contribution in [0, 0.1) is 0 Å². The Hall–Kier alpha value is -2.13. The molecule has 0 saturated heterocycles. The van der Waals surface area contributed by atoms with Crippen molar-refractivity contribution in [2.45, 2.75) is 45.4 Å². The molecule has 24 heavy (non-hydrogen) atoms. The maximum atomic E-state index is 5.69. The molecule has 0 aliphatic rings. The minimum absolute atomic E-state index is 0.150. The maximum absolute atomic E-state index is 5.69. The monoisotopic (exact) mass is 321 g/mol. The molecule has 0 saturated carbocycles. The highest BCUT2D eigenvalue weighted by atomic mass is 14.7. The molecule has 0 spiro atoms. The first-order valence-electron chi connectivity index (χ1n) is 8.76. The van der Waals surface area contributed by atoms with Crippen molar-refractivity contribution in [3.63, 3.8) is 0 Å². The molecular formula is C21H27N3. The molecule has 0 aliphatic carbocycles. The molecule has 3 nitrogen and oxygen atoms in total. The number of aromatic nitrogens is 2. The Kier molecular flexibility index (Phi) is 4.72. The van der Waals surface area contributed by atoms with Crippen molar-refractivity contribution in [1.82, 2.24) is 9.97 Å². The second-order valence-electron chi connectivity index (χ2n) is 7.47. The van der Waals surface area contributed by atoms with Gasteiger partial charge in [0.15, 0.2) is 0 Å². The fourth-order valence-electron chi connectivity index (χ4n) is 3.18. The number of H-pyrrole nitrogens is 1. The van der Waals surface area contributed by atoms with E-state index in [-0.39, 0.29) is 5.41 Å². The highest BCUT2D eigenvalue weighted by Crippen LogP contribution is 2.34. The molecule has 0 aliphatic heterocycles. The number of unbranched alkanes of at least 4 members (excludes halogenated alkanes) is 1. The van der Waals surface area contributed by atoms with Crippen LogP contribution in [0.5, 0.6) is 0 Å². The highest BCUT2D eigenvalue weighted by Gasteiger charge is 2.18. The number of hydrogen-bond donors (Lipinski definition) is 2. The molecule has 0 atom stereocenters. The van der Waals surface area contributed by atoms with Crippen LogP contribution in [0.15, 0.2) is 42.7 Å². The van der Waals surface area contributed by atoms with Gasteiger partial charge in [0.1, 0.15) is 0 Å². The number of hydrogen-bond acceptors (Lipinski definition) is 2. The predicted octanol–water partition coefficient (Wildman–Crippen LogP) is 4.81. The van der Waals surface area contributed by atoms with Crippen LogP contribution < -0.4 is 5.73 Å². The molecule has 2 heterocycles. The summed E-state index contributed by atoms with van der Waals surface area (Å²) in [6.07, 6.45) is 6.92. The SMILES string of the molecule is CC(C)(C)c1ccc2[nH]c(-c3ccncc3)c(CCCCN)c2c1. The lowest BCUT2D eigenvalue weighted by atomic mass is 9.86. The molecule has 0 bridgehead atoms. The van der Waals surface area contributed by atoms with Gasteiger partial charge < -0.3 is 10.7 Å². The van der Waals surface area contributed by atoms with Crippen molar-refractivity contribution in [1.29, 1.82) is 0 Å². The second-order valence-corrected chi connectivity index (χ2v) is 7.47. The van der Waals surface area contributed by atoms with E-state index in [9.17, 15) is 0 Å². The summed E-state index contributed by atoms with van der Waals surface area (Å²) in [7, 11) is 0. The Morgan fingerprint density at radius 3 is 2.46 bits per heavy atom. The first kappa shape index (κ1) is 16.7. The lowest BCUT2D eigenvalue weighted by molar-refractivity contribution is 0.591. The predicted molar refractivity (Wildman–Crippen MR) is 102 cm³/mol. The van der Waals surface area contributed by atoms with E-state index in [1.54, 1.807) is 0 Å². The zero-order valence-corrected chi connectivity index (χ0v) is 14.9. The van der Waals surface area contributed by atoms with E-state index in [4.69, 9.17) is 5.73 Å². The lowest BCUT2D eigenvalue weighted by Gasteiger charge is -2.19. The van der Waals surface area contributed by atoms with Crippen molar-refractivity contribution >= 4 is 10.9 Å². The molecular weight excluding hydrogens is 294 g/mol. The summed E-state index contributed by atoms with van der Waals surface area (Å²) in [5.74, 6) is 0. The number of aromatic amines is 1. The standard InChI is InChI=1S/C21H27N3/c1-21(2,3)16-7-8-19-18(14-16)17(6-4-5-11-22)20(24-19)15-9-12-23-13-10-15/h7-10,12-14,24H,4-6,11,22H2,1-3H3. The van der Waals surface area contributed by atoms with E-state index >= 15 is 0 Å². The third kappa shape index (κ3) is 3.36. The van der Waals surface area contributed by atoms with Gasteiger partial charge in [-0.25, -0.2) is 0 Å². The summed E-state index contributed by atoms with van der Waals surface area (Å²) in [4.78, 5) is 7.77. The van der Waals surface area contributed by atoms with Gasteiger partial charge >= 0.3 is 0 Å². The minimum atomic E-state index is 0.150. The molecule has 2 aromatic heterocycles. The quantitative estimate of drug-likeness (QED) is 0.663. The number of rotatable bonds is 5. The molecule has 0 amide bonds. The molecule has 0 radical (unpaired) electrons. The highest BCUT2D eigenvalue weighted by molar-refractivity contribution is 5.91. The van der Waals surface area contributed by atoms with Gasteiger partial charge in [-0.1, -0.05) is 26.8 Å². The maximum Gasteiger partial charge on any atom is 0.0498 e. The van der Waals surface area contributed by atoms with E-state index in [0.717, 1.165) is 25.8 Å². The van der Waals surface area contributed by atoms with E-state index in [1.165, 1.54) is 33.3 Å². The minimum Gasteiger partial charge on any atom is -0.354 e. The first-order chi connectivity index (χ1) is 11.5. The molecule has 0 unspecified atom stereocenters. The summed E-state index contributed by atoms with van der Waals surface area (Å²) in [5.41, 5.74) is 12.2. The van der Waals surface area contributed by atoms with Gasteiger partial charge in [-0.15, -0.1) is 0 Å². The van der Waals surface area contributed by atoms with Crippen molar-refractivity contribution in [2.24, 2.45) is 5.73 Å².